The van der Waals surface area contributed by atoms with Crippen LogP contribution in [0.5, 0.6) is 0 Å². The number of nitrogens with zero attached hydrogens (tertiary/aromatic N) is 2. The minimum Gasteiger partial charge on any atom is -0.387 e. The average Bonchev–Trinajstić information content (AvgIpc) is 2.88. The monoisotopic (exact) mass is 290 g/mol. The number of piperidine rings is 1. The van der Waals surface area contributed by atoms with Gasteiger partial charge >= 0.3 is 0 Å². The average molecular weight is 290 g/mol. The van der Waals surface area contributed by atoms with Gasteiger partial charge in [0, 0.05) is 12.6 Å². The normalized spacial score (nSPS) is 44.2. The first kappa shape index (κ1) is 15.3. The Balaban J connectivity index is 1.78. The molecule has 1 N–H and O–H groups in total. The Morgan fingerprint density at radius 1 is 1.14 bits per heavy atom. The third-order valence-electron chi connectivity index (χ3n) is 6.64. The molecule has 3 aliphatic rings. The summed E-state index contributed by atoms with van der Waals surface area (Å²) >= 11 is 0. The molecule has 0 amide bonds. The highest BCUT2D eigenvalue weighted by atomic mass is 16.3. The number of nitriles is 1. The zero-order valence-electron chi connectivity index (χ0n) is 13.5. The molecule has 3 heteroatoms. The predicted molar refractivity (Wildman–Crippen MR) is 83.7 cm³/mol. The molecule has 3 rings (SSSR count). The van der Waals surface area contributed by atoms with Crippen molar-refractivity contribution in [1.29, 1.82) is 5.26 Å². The van der Waals surface area contributed by atoms with E-state index in [1.807, 2.05) is 0 Å². The van der Waals surface area contributed by atoms with E-state index in [1.165, 1.54) is 25.7 Å². The first-order valence-electron chi connectivity index (χ1n) is 9.03. The van der Waals surface area contributed by atoms with Gasteiger partial charge in [0.1, 0.15) is 0 Å². The molecule has 2 heterocycles. The summed E-state index contributed by atoms with van der Waals surface area (Å²) in [7, 11) is 0. The van der Waals surface area contributed by atoms with E-state index in [4.69, 9.17) is 0 Å². The lowest BCUT2D eigenvalue weighted by molar-refractivity contribution is -0.105. The van der Waals surface area contributed by atoms with Gasteiger partial charge in [0.25, 0.3) is 0 Å². The van der Waals surface area contributed by atoms with Crippen LogP contribution in [0.4, 0.5) is 0 Å². The fourth-order valence-electron chi connectivity index (χ4n) is 5.35. The van der Waals surface area contributed by atoms with Crippen molar-refractivity contribution in [3.63, 3.8) is 0 Å². The van der Waals surface area contributed by atoms with Gasteiger partial charge < -0.3 is 5.11 Å². The largest absolute Gasteiger partial charge is 0.387 e. The van der Waals surface area contributed by atoms with Gasteiger partial charge in [0.2, 0.25) is 0 Å². The Morgan fingerprint density at radius 2 is 1.90 bits per heavy atom. The van der Waals surface area contributed by atoms with Crippen LogP contribution in [0.15, 0.2) is 0 Å². The second kappa shape index (κ2) is 5.89. The molecule has 0 spiro atoms. The van der Waals surface area contributed by atoms with E-state index in [2.05, 4.69) is 17.9 Å². The van der Waals surface area contributed by atoms with E-state index in [-0.39, 0.29) is 6.04 Å². The highest BCUT2D eigenvalue weighted by molar-refractivity contribution is 5.20. The number of fused-ring (bicyclic) bond motifs is 1. The molecule has 0 aromatic heterocycles. The summed E-state index contributed by atoms with van der Waals surface area (Å²) in [6.45, 7) is 4.35. The maximum absolute atomic E-state index is 11.5. The van der Waals surface area contributed by atoms with Crippen molar-refractivity contribution in [1.82, 2.24) is 4.90 Å². The summed E-state index contributed by atoms with van der Waals surface area (Å²) < 4.78 is 0. The van der Waals surface area contributed by atoms with Crippen molar-refractivity contribution in [2.45, 2.75) is 82.8 Å². The molecule has 2 saturated heterocycles. The zero-order valence-corrected chi connectivity index (χ0v) is 13.5. The van der Waals surface area contributed by atoms with Gasteiger partial charge in [-0.15, -0.1) is 0 Å². The summed E-state index contributed by atoms with van der Waals surface area (Å²) in [6, 6.07) is 2.86. The van der Waals surface area contributed by atoms with Gasteiger partial charge in [-0.3, -0.25) is 4.90 Å². The van der Waals surface area contributed by atoms with Gasteiger partial charge in [0.05, 0.1) is 17.1 Å². The predicted octanol–water partition coefficient (Wildman–Crippen LogP) is 3.48. The smallest absolute Gasteiger partial charge is 0.0999 e. The number of hydrogen-bond acceptors (Lipinski definition) is 3. The van der Waals surface area contributed by atoms with Crippen LogP contribution < -0.4 is 0 Å². The molecular formula is C18H30N2O. The molecule has 2 atom stereocenters. The molecule has 0 aromatic carbocycles. The van der Waals surface area contributed by atoms with Crippen molar-refractivity contribution in [2.75, 3.05) is 13.1 Å². The second-order valence-electron chi connectivity index (χ2n) is 7.65. The Morgan fingerprint density at radius 3 is 2.57 bits per heavy atom. The fraction of sp³-hybridized carbons (Fsp3) is 0.944. The molecule has 0 aromatic rings. The van der Waals surface area contributed by atoms with Crippen LogP contribution in [-0.4, -0.2) is 34.7 Å². The lowest BCUT2D eigenvalue weighted by Crippen LogP contribution is -2.58. The summed E-state index contributed by atoms with van der Waals surface area (Å²) in [5.41, 5.74) is -1.23. The van der Waals surface area contributed by atoms with Crippen LogP contribution in [0.3, 0.4) is 0 Å². The molecular weight excluding hydrogens is 260 g/mol. The van der Waals surface area contributed by atoms with Crippen molar-refractivity contribution in [2.24, 2.45) is 11.3 Å². The van der Waals surface area contributed by atoms with E-state index >= 15 is 0 Å². The van der Waals surface area contributed by atoms with Crippen molar-refractivity contribution >= 4 is 0 Å². The molecule has 3 nitrogen and oxygen atoms in total. The zero-order chi connectivity index (χ0) is 14.9. The Kier molecular flexibility index (Phi) is 4.30. The lowest BCUT2D eigenvalue weighted by Gasteiger charge is -2.49. The molecule has 1 aliphatic carbocycles. The van der Waals surface area contributed by atoms with Gasteiger partial charge in [0.15, 0.2) is 0 Å². The summed E-state index contributed by atoms with van der Waals surface area (Å²) in [4.78, 5) is 2.46. The maximum Gasteiger partial charge on any atom is 0.0999 e. The highest BCUT2D eigenvalue weighted by Gasteiger charge is 2.60. The fourth-order valence-corrected chi connectivity index (χ4v) is 5.35. The first-order chi connectivity index (χ1) is 10.1. The highest BCUT2D eigenvalue weighted by Crippen LogP contribution is 2.54. The lowest BCUT2D eigenvalue weighted by atomic mass is 9.58. The molecule has 1 saturated carbocycles. The SMILES string of the molecule is CCCC1CCC(C#N)(C2(O)CCN3CCCCC32)CC1. The summed E-state index contributed by atoms with van der Waals surface area (Å²) in [5, 5.41) is 21.5. The molecule has 21 heavy (non-hydrogen) atoms. The van der Waals surface area contributed by atoms with Crippen LogP contribution >= 0.6 is 0 Å². The number of hydrogen-bond donors (Lipinski definition) is 1. The molecule has 2 unspecified atom stereocenters. The quantitative estimate of drug-likeness (QED) is 0.865. The van der Waals surface area contributed by atoms with Crippen molar-refractivity contribution < 1.29 is 5.11 Å². The van der Waals surface area contributed by atoms with Gasteiger partial charge in [-0.2, -0.15) is 5.26 Å². The van der Waals surface area contributed by atoms with E-state index in [0.717, 1.165) is 57.5 Å². The van der Waals surface area contributed by atoms with E-state index in [1.54, 1.807) is 0 Å². The number of aliphatic hydroxyl groups is 1. The Labute approximate surface area is 129 Å². The van der Waals surface area contributed by atoms with Crippen LogP contribution in [-0.2, 0) is 0 Å². The summed E-state index contributed by atoms with van der Waals surface area (Å²) in [6.07, 6.45) is 11.0. The van der Waals surface area contributed by atoms with Crippen molar-refractivity contribution in [3.05, 3.63) is 0 Å². The third kappa shape index (κ3) is 2.41. The van der Waals surface area contributed by atoms with Crippen LogP contribution in [0, 0.1) is 22.7 Å². The Hall–Kier alpha value is -0.590. The molecule has 2 aliphatic heterocycles. The van der Waals surface area contributed by atoms with Gasteiger partial charge in [-0.25, -0.2) is 0 Å². The van der Waals surface area contributed by atoms with Crippen LogP contribution in [0.25, 0.3) is 0 Å². The minimum absolute atomic E-state index is 0.244. The number of rotatable bonds is 3. The third-order valence-corrected chi connectivity index (χ3v) is 6.64. The minimum atomic E-state index is -0.751. The van der Waals surface area contributed by atoms with E-state index < -0.39 is 11.0 Å². The van der Waals surface area contributed by atoms with Gasteiger partial charge in [-0.1, -0.05) is 26.2 Å². The second-order valence-corrected chi connectivity index (χ2v) is 7.65. The topological polar surface area (TPSA) is 47.3 Å². The summed E-state index contributed by atoms with van der Waals surface area (Å²) in [5.74, 6) is 0.781. The molecule has 0 radical (unpaired) electrons. The van der Waals surface area contributed by atoms with Crippen molar-refractivity contribution in [3.8, 4) is 6.07 Å². The van der Waals surface area contributed by atoms with Crippen LogP contribution in [0.2, 0.25) is 0 Å². The molecule has 118 valence electrons. The maximum atomic E-state index is 11.5. The standard InChI is InChI=1S/C18H30N2O/c1-2-5-15-7-9-17(14-19,10-8-15)18(21)11-13-20-12-4-3-6-16(18)20/h15-16,21H,2-13H2,1H3. The molecule has 3 fully saturated rings. The molecule has 0 bridgehead atoms. The van der Waals surface area contributed by atoms with E-state index in [9.17, 15) is 10.4 Å². The Bertz CT molecular complexity index is 408. The van der Waals surface area contributed by atoms with E-state index in [0.29, 0.717) is 0 Å². The first-order valence-corrected chi connectivity index (χ1v) is 9.03. The van der Waals surface area contributed by atoms with Gasteiger partial charge in [-0.05, 0) is 57.4 Å². The van der Waals surface area contributed by atoms with Crippen LogP contribution in [0.1, 0.15) is 71.1 Å².